The number of aliphatic hydroxyl groups excluding tert-OH is 1. The maximum atomic E-state index is 11.6. The van der Waals surface area contributed by atoms with Gasteiger partial charge >= 0.3 is 0 Å². The molecule has 0 heterocycles. The summed E-state index contributed by atoms with van der Waals surface area (Å²) in [6.45, 7) is 0.00904. The fourth-order valence-electron chi connectivity index (χ4n) is 1.66. The lowest BCUT2D eigenvalue weighted by atomic mass is 10.2. The number of rotatable bonds is 5. The van der Waals surface area contributed by atoms with Crippen LogP contribution in [0.4, 0.5) is 0 Å². The van der Waals surface area contributed by atoms with E-state index in [4.69, 9.17) is 9.84 Å². The van der Waals surface area contributed by atoms with Crippen LogP contribution >= 0.6 is 0 Å². The SMILES string of the molecule is COc1ccc(/C=C/C(=O)NC2(CO)CC2)cc1. The molecule has 1 aliphatic carbocycles. The highest BCUT2D eigenvalue weighted by Gasteiger charge is 2.42. The van der Waals surface area contributed by atoms with Crippen molar-refractivity contribution >= 4 is 12.0 Å². The van der Waals surface area contributed by atoms with Gasteiger partial charge in [-0.15, -0.1) is 0 Å². The van der Waals surface area contributed by atoms with Gasteiger partial charge in [-0.2, -0.15) is 0 Å². The predicted molar refractivity (Wildman–Crippen MR) is 69.2 cm³/mol. The van der Waals surface area contributed by atoms with E-state index in [2.05, 4.69) is 5.32 Å². The second-order valence-electron chi connectivity index (χ2n) is 4.53. The molecule has 1 saturated carbocycles. The predicted octanol–water partition coefficient (Wildman–Crippen LogP) is 1.35. The first kappa shape index (κ1) is 12.6. The van der Waals surface area contributed by atoms with Crippen LogP contribution in [0.1, 0.15) is 18.4 Å². The van der Waals surface area contributed by atoms with E-state index in [-0.39, 0.29) is 18.1 Å². The van der Waals surface area contributed by atoms with E-state index in [0.717, 1.165) is 24.2 Å². The van der Waals surface area contributed by atoms with Crippen molar-refractivity contribution in [1.82, 2.24) is 5.32 Å². The molecule has 0 spiro atoms. The Morgan fingerprint density at radius 1 is 1.44 bits per heavy atom. The molecule has 0 unspecified atom stereocenters. The minimum Gasteiger partial charge on any atom is -0.497 e. The van der Waals surface area contributed by atoms with Crippen molar-refractivity contribution in [1.29, 1.82) is 0 Å². The van der Waals surface area contributed by atoms with Crippen molar-refractivity contribution in [3.05, 3.63) is 35.9 Å². The molecule has 2 N–H and O–H groups in total. The van der Waals surface area contributed by atoms with E-state index in [1.54, 1.807) is 13.2 Å². The average Bonchev–Trinajstić information content (AvgIpc) is 3.17. The van der Waals surface area contributed by atoms with Gasteiger partial charge in [-0.05, 0) is 36.6 Å². The summed E-state index contributed by atoms with van der Waals surface area (Å²) in [5.74, 6) is 0.617. The molecule has 0 aliphatic heterocycles. The van der Waals surface area contributed by atoms with Gasteiger partial charge in [0.2, 0.25) is 5.91 Å². The molecule has 0 atom stereocenters. The number of carbonyl (C=O) groups is 1. The summed E-state index contributed by atoms with van der Waals surface area (Å²) in [5, 5.41) is 11.9. The average molecular weight is 247 g/mol. The molecule has 1 aromatic rings. The third-order valence-electron chi connectivity index (χ3n) is 3.09. The fourth-order valence-corrected chi connectivity index (χ4v) is 1.66. The molecule has 0 aromatic heterocycles. The number of amides is 1. The lowest BCUT2D eigenvalue weighted by molar-refractivity contribution is -0.117. The molecule has 0 bridgehead atoms. The lowest BCUT2D eigenvalue weighted by Gasteiger charge is -2.11. The van der Waals surface area contributed by atoms with Gasteiger partial charge in [0.15, 0.2) is 0 Å². The van der Waals surface area contributed by atoms with Gasteiger partial charge in [0.25, 0.3) is 0 Å². The lowest BCUT2D eigenvalue weighted by Crippen LogP contribution is -2.38. The second kappa shape index (κ2) is 5.23. The summed E-state index contributed by atoms with van der Waals surface area (Å²) in [7, 11) is 1.61. The Hall–Kier alpha value is -1.81. The van der Waals surface area contributed by atoms with Crippen LogP contribution in [-0.4, -0.2) is 30.3 Å². The van der Waals surface area contributed by atoms with Gasteiger partial charge in [-0.3, -0.25) is 4.79 Å². The molecule has 96 valence electrons. The quantitative estimate of drug-likeness (QED) is 0.772. The minimum atomic E-state index is -0.360. The first-order valence-electron chi connectivity index (χ1n) is 5.93. The molecule has 4 nitrogen and oxygen atoms in total. The maximum Gasteiger partial charge on any atom is 0.244 e. The number of nitrogens with one attached hydrogen (secondary N) is 1. The van der Waals surface area contributed by atoms with Crippen LogP contribution in [0.25, 0.3) is 6.08 Å². The molecule has 0 saturated heterocycles. The van der Waals surface area contributed by atoms with Crippen molar-refractivity contribution in [2.75, 3.05) is 13.7 Å². The Bertz CT molecular complexity index is 447. The van der Waals surface area contributed by atoms with Crippen LogP contribution in [0, 0.1) is 0 Å². The van der Waals surface area contributed by atoms with Crippen LogP contribution in [-0.2, 0) is 4.79 Å². The molecular weight excluding hydrogens is 230 g/mol. The second-order valence-corrected chi connectivity index (χ2v) is 4.53. The highest BCUT2D eigenvalue weighted by atomic mass is 16.5. The van der Waals surface area contributed by atoms with Crippen molar-refractivity contribution in [2.24, 2.45) is 0 Å². The zero-order valence-corrected chi connectivity index (χ0v) is 10.3. The number of hydrogen-bond donors (Lipinski definition) is 2. The Labute approximate surface area is 106 Å². The molecule has 1 aromatic carbocycles. The molecule has 18 heavy (non-hydrogen) atoms. The Morgan fingerprint density at radius 2 is 2.11 bits per heavy atom. The minimum absolute atomic E-state index is 0.00904. The number of benzene rings is 1. The van der Waals surface area contributed by atoms with Crippen LogP contribution in [0.15, 0.2) is 30.3 Å². The van der Waals surface area contributed by atoms with E-state index in [1.807, 2.05) is 24.3 Å². The van der Waals surface area contributed by atoms with Gasteiger partial charge in [-0.1, -0.05) is 12.1 Å². The normalized spacial score (nSPS) is 16.6. The first-order valence-corrected chi connectivity index (χ1v) is 5.93. The molecule has 1 fully saturated rings. The molecule has 1 amide bonds. The van der Waals surface area contributed by atoms with E-state index in [1.165, 1.54) is 6.08 Å². The summed E-state index contributed by atoms with van der Waals surface area (Å²) in [6, 6.07) is 7.43. The summed E-state index contributed by atoms with van der Waals surface area (Å²) < 4.78 is 5.05. The smallest absolute Gasteiger partial charge is 0.244 e. The van der Waals surface area contributed by atoms with E-state index in [9.17, 15) is 4.79 Å². The Kier molecular flexibility index (Phi) is 3.67. The van der Waals surface area contributed by atoms with E-state index in [0.29, 0.717) is 0 Å². The first-order chi connectivity index (χ1) is 8.67. The topological polar surface area (TPSA) is 58.6 Å². The van der Waals surface area contributed by atoms with Crippen molar-refractivity contribution in [2.45, 2.75) is 18.4 Å². The van der Waals surface area contributed by atoms with Gasteiger partial charge in [-0.25, -0.2) is 0 Å². The van der Waals surface area contributed by atoms with Gasteiger partial charge in [0.1, 0.15) is 5.75 Å². The summed E-state index contributed by atoms with van der Waals surface area (Å²) in [5.41, 5.74) is 0.571. The fraction of sp³-hybridized carbons (Fsp3) is 0.357. The number of methoxy groups -OCH3 is 1. The number of ether oxygens (including phenoxy) is 1. The standard InChI is InChI=1S/C14H17NO3/c1-18-12-5-2-11(3-6-12)4-7-13(17)15-14(10-16)8-9-14/h2-7,16H,8-10H2,1H3,(H,15,17)/b7-4+. The summed E-state index contributed by atoms with van der Waals surface area (Å²) >= 11 is 0. The van der Waals surface area contributed by atoms with Crippen molar-refractivity contribution in [3.8, 4) is 5.75 Å². The van der Waals surface area contributed by atoms with Crippen LogP contribution < -0.4 is 10.1 Å². The monoisotopic (exact) mass is 247 g/mol. The highest BCUT2D eigenvalue weighted by Crippen LogP contribution is 2.34. The zero-order valence-electron chi connectivity index (χ0n) is 10.3. The largest absolute Gasteiger partial charge is 0.497 e. The number of hydrogen-bond acceptors (Lipinski definition) is 3. The third-order valence-corrected chi connectivity index (χ3v) is 3.09. The number of carbonyl (C=O) groups excluding carboxylic acids is 1. The highest BCUT2D eigenvalue weighted by molar-refractivity contribution is 5.92. The van der Waals surface area contributed by atoms with Crippen LogP contribution in [0.2, 0.25) is 0 Å². The van der Waals surface area contributed by atoms with Gasteiger partial charge in [0.05, 0.1) is 19.3 Å². The Balaban J connectivity index is 1.91. The van der Waals surface area contributed by atoms with Gasteiger partial charge < -0.3 is 15.2 Å². The molecule has 4 heteroatoms. The van der Waals surface area contributed by atoms with Crippen molar-refractivity contribution < 1.29 is 14.6 Å². The third kappa shape index (κ3) is 3.11. The van der Waals surface area contributed by atoms with Crippen LogP contribution in [0.3, 0.4) is 0 Å². The zero-order chi connectivity index (χ0) is 13.0. The number of aliphatic hydroxyl groups is 1. The van der Waals surface area contributed by atoms with Gasteiger partial charge in [0, 0.05) is 6.08 Å². The molecule has 1 aliphatic rings. The van der Waals surface area contributed by atoms with Crippen molar-refractivity contribution in [3.63, 3.8) is 0 Å². The molecule has 0 radical (unpaired) electrons. The van der Waals surface area contributed by atoms with E-state index < -0.39 is 0 Å². The van der Waals surface area contributed by atoms with Crippen LogP contribution in [0.5, 0.6) is 5.75 Å². The Morgan fingerprint density at radius 3 is 2.61 bits per heavy atom. The summed E-state index contributed by atoms with van der Waals surface area (Å²) in [6.07, 6.45) is 4.93. The summed E-state index contributed by atoms with van der Waals surface area (Å²) in [4.78, 5) is 11.6. The molecule has 2 rings (SSSR count). The van der Waals surface area contributed by atoms with E-state index >= 15 is 0 Å². The molecular formula is C14H17NO3. The maximum absolute atomic E-state index is 11.6.